The summed E-state index contributed by atoms with van der Waals surface area (Å²) in [5.74, 6) is -0.805. The number of unbranched alkanes of at least 4 members (excludes halogenated alkanes) is 3. The third-order valence-electron chi connectivity index (χ3n) is 5.04. The number of benzene rings is 2. The number of ketones is 1. The van der Waals surface area contributed by atoms with Crippen molar-refractivity contribution in [1.82, 2.24) is 4.57 Å². The molecule has 3 rings (SSSR count). The molecule has 0 saturated heterocycles. The predicted octanol–water partition coefficient (Wildman–Crippen LogP) is 5.57. The summed E-state index contributed by atoms with van der Waals surface area (Å²) in [6.07, 6.45) is 6.17. The first kappa shape index (κ1) is 22.0. The molecule has 31 heavy (non-hydrogen) atoms. The van der Waals surface area contributed by atoms with Crippen molar-refractivity contribution in [2.75, 3.05) is 0 Å². The van der Waals surface area contributed by atoms with Crippen LogP contribution in [-0.2, 0) is 9.63 Å². The number of carbonyl (C=O) groups excluding carboxylic acids is 2. The number of oxime groups is 1. The Labute approximate surface area is 181 Å². The van der Waals surface area contributed by atoms with Gasteiger partial charge in [-0.3, -0.25) is 4.79 Å². The van der Waals surface area contributed by atoms with Crippen LogP contribution < -0.4 is 0 Å². The van der Waals surface area contributed by atoms with E-state index in [4.69, 9.17) is 10.1 Å². The molecule has 158 valence electrons. The minimum absolute atomic E-state index is 0.244. The van der Waals surface area contributed by atoms with Crippen LogP contribution >= 0.6 is 0 Å². The van der Waals surface area contributed by atoms with Gasteiger partial charge < -0.3 is 9.40 Å². The van der Waals surface area contributed by atoms with Crippen molar-refractivity contribution in [2.45, 2.75) is 46.0 Å². The first-order valence-electron chi connectivity index (χ1n) is 10.4. The minimum Gasteiger partial charge on any atom is -0.318 e. The summed E-state index contributed by atoms with van der Waals surface area (Å²) in [4.78, 5) is 29.5. The number of fused-ring (bicyclic) bond motifs is 1. The normalized spacial score (nSPS) is 11.3. The van der Waals surface area contributed by atoms with Crippen molar-refractivity contribution in [3.8, 4) is 11.8 Å². The molecule has 1 heterocycles. The number of rotatable bonds is 9. The third-order valence-corrected chi connectivity index (χ3v) is 5.04. The molecule has 0 aliphatic heterocycles. The molecule has 0 radical (unpaired) electrons. The van der Waals surface area contributed by atoms with E-state index >= 15 is 0 Å². The van der Waals surface area contributed by atoms with Crippen molar-refractivity contribution in [2.24, 2.45) is 5.16 Å². The molecule has 0 N–H and O–H groups in total. The third kappa shape index (κ3) is 5.26. The molecule has 0 saturated carbocycles. The molecule has 0 unspecified atom stereocenters. The zero-order chi connectivity index (χ0) is 22.2. The Morgan fingerprint density at radius 3 is 2.48 bits per heavy atom. The van der Waals surface area contributed by atoms with Gasteiger partial charge in [-0.15, -0.1) is 0 Å². The van der Waals surface area contributed by atoms with Gasteiger partial charge in [-0.05, 0) is 43.2 Å². The van der Waals surface area contributed by atoms with Gasteiger partial charge in [0.2, 0.25) is 5.78 Å². The number of hydrogen-bond acceptors (Lipinski definition) is 5. The monoisotopic (exact) mass is 415 g/mol. The van der Waals surface area contributed by atoms with Gasteiger partial charge in [0.25, 0.3) is 0 Å². The first-order chi connectivity index (χ1) is 15.0. The Kier molecular flexibility index (Phi) is 7.34. The molecule has 0 spiro atoms. The zero-order valence-corrected chi connectivity index (χ0v) is 17.8. The van der Waals surface area contributed by atoms with Crippen LogP contribution in [0.25, 0.3) is 16.6 Å². The molecule has 2 aromatic carbocycles. The van der Waals surface area contributed by atoms with Crippen molar-refractivity contribution in [1.29, 1.82) is 5.26 Å². The minimum atomic E-state index is -0.557. The summed E-state index contributed by atoms with van der Waals surface area (Å²) in [5, 5.41) is 13.7. The molecular formula is C25H25N3O3. The lowest BCUT2D eigenvalue weighted by molar-refractivity contribution is -0.140. The van der Waals surface area contributed by atoms with Crippen molar-refractivity contribution < 1.29 is 14.4 Å². The Morgan fingerprint density at radius 1 is 1.06 bits per heavy atom. The molecule has 6 heteroatoms. The topological polar surface area (TPSA) is 84.4 Å². The number of para-hydroxylation sites is 1. The van der Waals surface area contributed by atoms with Crippen LogP contribution in [0.4, 0.5) is 0 Å². The predicted molar refractivity (Wildman–Crippen MR) is 120 cm³/mol. The van der Waals surface area contributed by atoms with Crippen LogP contribution in [0, 0.1) is 11.3 Å². The summed E-state index contributed by atoms with van der Waals surface area (Å²) in [7, 11) is 0. The van der Waals surface area contributed by atoms with E-state index in [-0.39, 0.29) is 11.5 Å². The molecule has 0 atom stereocenters. The highest BCUT2D eigenvalue weighted by Gasteiger charge is 2.21. The van der Waals surface area contributed by atoms with E-state index in [9.17, 15) is 9.59 Å². The van der Waals surface area contributed by atoms with E-state index in [0.29, 0.717) is 17.5 Å². The molecule has 3 aromatic rings. The van der Waals surface area contributed by atoms with Gasteiger partial charge in [-0.25, -0.2) is 4.79 Å². The number of Topliss-reactive ketones (excluding diaryl/α,β-unsaturated/α-hetero) is 1. The summed E-state index contributed by atoms with van der Waals surface area (Å²) >= 11 is 0. The van der Waals surface area contributed by atoms with Crippen LogP contribution in [0.3, 0.4) is 0 Å². The number of nitrogens with zero attached hydrogens (tertiary/aromatic N) is 3. The van der Waals surface area contributed by atoms with Gasteiger partial charge >= 0.3 is 5.97 Å². The summed E-state index contributed by atoms with van der Waals surface area (Å²) < 4.78 is 1.92. The zero-order valence-electron chi connectivity index (χ0n) is 17.8. The van der Waals surface area contributed by atoms with Gasteiger partial charge in [0.1, 0.15) is 5.71 Å². The van der Waals surface area contributed by atoms with Gasteiger partial charge in [0, 0.05) is 29.8 Å². The molecule has 0 aliphatic carbocycles. The van der Waals surface area contributed by atoms with Gasteiger partial charge in [0.15, 0.2) is 0 Å². The SMILES string of the molecule is CCCCCC/C(=N\OC(C)=O)C(=O)c1cn(-c2ccc(C#N)cc2)c2ccccc12. The van der Waals surface area contributed by atoms with Crippen molar-refractivity contribution in [3.63, 3.8) is 0 Å². The highest BCUT2D eigenvalue weighted by Crippen LogP contribution is 2.26. The van der Waals surface area contributed by atoms with Crippen molar-refractivity contribution in [3.05, 3.63) is 65.9 Å². The second-order valence-electron chi connectivity index (χ2n) is 7.35. The standard InChI is InChI=1S/C25H25N3O3/c1-3-4-5-6-10-23(27-31-18(2)29)25(30)22-17-28(24-11-8-7-9-21(22)24)20-14-12-19(16-26)13-15-20/h7-9,11-15,17H,3-6,10H2,1-2H3/b27-23+. The van der Waals surface area contributed by atoms with Crippen LogP contribution in [0.1, 0.15) is 61.9 Å². The lowest BCUT2D eigenvalue weighted by Gasteiger charge is -2.05. The fourth-order valence-corrected chi connectivity index (χ4v) is 3.47. The Morgan fingerprint density at radius 2 is 1.81 bits per heavy atom. The average molecular weight is 415 g/mol. The Hall–Kier alpha value is -3.72. The number of nitriles is 1. The smallest absolute Gasteiger partial charge is 0.318 e. The lowest BCUT2D eigenvalue weighted by Crippen LogP contribution is -2.15. The van der Waals surface area contributed by atoms with Crippen LogP contribution in [0.15, 0.2) is 59.9 Å². The van der Waals surface area contributed by atoms with Gasteiger partial charge in [-0.2, -0.15) is 5.26 Å². The molecule has 0 bridgehead atoms. The van der Waals surface area contributed by atoms with Crippen LogP contribution in [0.5, 0.6) is 0 Å². The lowest BCUT2D eigenvalue weighted by atomic mass is 10.0. The highest BCUT2D eigenvalue weighted by atomic mass is 16.7. The van der Waals surface area contributed by atoms with E-state index < -0.39 is 5.97 Å². The Bertz CT molecular complexity index is 1150. The van der Waals surface area contributed by atoms with E-state index in [2.05, 4.69) is 18.1 Å². The second-order valence-corrected chi connectivity index (χ2v) is 7.35. The van der Waals surface area contributed by atoms with Gasteiger partial charge in [-0.1, -0.05) is 49.5 Å². The van der Waals surface area contributed by atoms with Crippen LogP contribution in [-0.4, -0.2) is 22.0 Å². The second kappa shape index (κ2) is 10.4. The average Bonchev–Trinajstić information content (AvgIpc) is 3.18. The quantitative estimate of drug-likeness (QED) is 0.150. The van der Waals surface area contributed by atoms with Crippen LogP contribution in [0.2, 0.25) is 0 Å². The highest BCUT2D eigenvalue weighted by molar-refractivity contribution is 6.47. The number of aromatic nitrogens is 1. The summed E-state index contributed by atoms with van der Waals surface area (Å²) in [6, 6.07) is 16.9. The molecule has 6 nitrogen and oxygen atoms in total. The maximum absolute atomic E-state index is 13.4. The molecule has 0 amide bonds. The number of hydrogen-bond donors (Lipinski definition) is 0. The van der Waals surface area contributed by atoms with E-state index in [1.54, 1.807) is 18.3 Å². The number of carbonyl (C=O) groups is 2. The first-order valence-corrected chi connectivity index (χ1v) is 10.4. The van der Waals surface area contributed by atoms with E-state index in [0.717, 1.165) is 42.3 Å². The molecule has 1 aromatic heterocycles. The van der Waals surface area contributed by atoms with Gasteiger partial charge in [0.05, 0.1) is 17.1 Å². The van der Waals surface area contributed by atoms with E-state index in [1.807, 2.05) is 41.0 Å². The summed E-state index contributed by atoms with van der Waals surface area (Å²) in [5.41, 5.74) is 3.03. The molecule has 0 fully saturated rings. The van der Waals surface area contributed by atoms with E-state index in [1.165, 1.54) is 6.92 Å². The van der Waals surface area contributed by atoms with Crippen molar-refractivity contribution >= 4 is 28.4 Å². The molecular weight excluding hydrogens is 390 g/mol. The maximum atomic E-state index is 13.4. The Balaban J connectivity index is 2.01. The fraction of sp³-hybridized carbons (Fsp3) is 0.280. The largest absolute Gasteiger partial charge is 0.331 e. The fourth-order valence-electron chi connectivity index (χ4n) is 3.47. The molecule has 0 aliphatic rings. The maximum Gasteiger partial charge on any atom is 0.331 e. The summed E-state index contributed by atoms with van der Waals surface area (Å²) in [6.45, 7) is 3.39.